The number of nitrogens with zero attached hydrogens (tertiary/aromatic N) is 3. The van der Waals surface area contributed by atoms with Gasteiger partial charge in [-0.05, 0) is 34.6 Å². The Kier molecular flexibility index (Phi) is 10.9. The van der Waals surface area contributed by atoms with Crippen LogP contribution in [-0.2, 0) is 28.8 Å². The van der Waals surface area contributed by atoms with Crippen LogP contribution < -0.4 is 0 Å². The fourth-order valence-electron chi connectivity index (χ4n) is 3.54. The van der Waals surface area contributed by atoms with Gasteiger partial charge in [-0.1, -0.05) is 13.8 Å². The number of hydrogen-bond acceptors (Lipinski definition) is 7. The Hall–Kier alpha value is -2.10. The minimum atomic E-state index is -0.633. The van der Waals surface area contributed by atoms with Gasteiger partial charge in [0.25, 0.3) is 11.8 Å². The number of imide groups is 1. The van der Waals surface area contributed by atoms with Crippen molar-refractivity contribution in [2.75, 3.05) is 24.6 Å². The first kappa shape index (κ1) is 28.9. The molecule has 0 unspecified atom stereocenters. The van der Waals surface area contributed by atoms with Crippen molar-refractivity contribution in [2.45, 2.75) is 91.6 Å². The van der Waals surface area contributed by atoms with E-state index in [-0.39, 0.29) is 36.6 Å². The number of amides is 4. The van der Waals surface area contributed by atoms with Crippen molar-refractivity contribution in [2.24, 2.45) is 0 Å². The molecule has 1 heterocycles. The molecule has 0 saturated carbocycles. The quantitative estimate of drug-likeness (QED) is 0.309. The van der Waals surface area contributed by atoms with Crippen LogP contribution in [0.5, 0.6) is 0 Å². The molecule has 0 atom stereocenters. The van der Waals surface area contributed by atoms with Crippen LogP contribution in [0.3, 0.4) is 0 Å². The Bertz CT molecular complexity index is 731. The highest BCUT2D eigenvalue weighted by Gasteiger charge is 2.37. The van der Waals surface area contributed by atoms with Crippen LogP contribution in [0.4, 0.5) is 0 Å². The minimum absolute atomic E-state index is 0.00359. The van der Waals surface area contributed by atoms with Crippen LogP contribution >= 0.6 is 11.8 Å². The molecule has 0 aromatic rings. The van der Waals surface area contributed by atoms with E-state index >= 15 is 0 Å². The van der Waals surface area contributed by atoms with Crippen molar-refractivity contribution in [3.05, 3.63) is 0 Å². The zero-order valence-corrected chi connectivity index (χ0v) is 21.9. The first-order chi connectivity index (χ1) is 15.2. The Balaban J connectivity index is 2.64. The highest BCUT2D eigenvalue weighted by Crippen LogP contribution is 2.24. The number of hydrogen-bond donors (Lipinski definition) is 0. The van der Waals surface area contributed by atoms with Crippen LogP contribution in [-0.4, -0.2) is 80.1 Å². The molecular formula is C23H39N3O6S. The number of rotatable bonds is 12. The molecule has 0 N–H and O–H groups in total. The van der Waals surface area contributed by atoms with E-state index in [1.54, 1.807) is 0 Å². The number of carbonyl (C=O) groups excluding carboxylic acids is 5. The fourth-order valence-corrected chi connectivity index (χ4v) is 4.36. The highest BCUT2D eigenvalue weighted by atomic mass is 32.2. The molecule has 0 bridgehead atoms. The van der Waals surface area contributed by atoms with Gasteiger partial charge in [-0.25, -0.2) is 4.79 Å². The molecule has 10 heteroatoms. The molecule has 0 aromatic heterocycles. The summed E-state index contributed by atoms with van der Waals surface area (Å²) in [5.41, 5.74) is -0.931. The molecule has 0 aromatic carbocycles. The van der Waals surface area contributed by atoms with Crippen molar-refractivity contribution >= 4 is 41.4 Å². The van der Waals surface area contributed by atoms with E-state index in [1.807, 2.05) is 58.3 Å². The molecule has 1 rings (SSSR count). The van der Waals surface area contributed by atoms with Crippen LogP contribution in [0.25, 0.3) is 0 Å². The smallest absolute Gasteiger partial charge is 0.334 e. The van der Waals surface area contributed by atoms with Gasteiger partial charge < -0.3 is 14.6 Å². The van der Waals surface area contributed by atoms with Gasteiger partial charge in [-0.15, -0.1) is 5.06 Å². The second kappa shape index (κ2) is 12.4. The summed E-state index contributed by atoms with van der Waals surface area (Å²) < 4.78 is 0. The second-order valence-corrected chi connectivity index (χ2v) is 10.8. The Morgan fingerprint density at radius 2 is 1.42 bits per heavy atom. The van der Waals surface area contributed by atoms with Gasteiger partial charge in [0.1, 0.15) is 0 Å². The van der Waals surface area contributed by atoms with Gasteiger partial charge in [0.15, 0.2) is 0 Å². The molecule has 0 aliphatic carbocycles. The molecule has 0 radical (unpaired) electrons. The van der Waals surface area contributed by atoms with Gasteiger partial charge in [-0.2, -0.15) is 11.8 Å². The summed E-state index contributed by atoms with van der Waals surface area (Å²) in [5, 5.41) is 0.551. The standard InChI is InChI=1S/C23H39N3O6S/c1-8-17(27)24(23(6,7)16-25(18(28)9-2)22(3,4)5)13-15-33-14-12-21(31)32-26-19(29)10-11-20(26)30/h8-16H2,1-7H3. The second-order valence-electron chi connectivity index (χ2n) is 9.62. The summed E-state index contributed by atoms with van der Waals surface area (Å²) in [6.07, 6.45) is 0.934. The zero-order valence-electron chi connectivity index (χ0n) is 21.1. The van der Waals surface area contributed by atoms with Crippen molar-refractivity contribution in [1.29, 1.82) is 0 Å². The normalized spacial score (nSPS) is 14.5. The van der Waals surface area contributed by atoms with Crippen molar-refractivity contribution < 1.29 is 28.8 Å². The van der Waals surface area contributed by atoms with Gasteiger partial charge in [0, 0.05) is 55.8 Å². The number of carbonyl (C=O) groups is 5. The number of hydroxylamine groups is 2. The Labute approximate surface area is 201 Å². The van der Waals surface area contributed by atoms with Crippen molar-refractivity contribution in [3.63, 3.8) is 0 Å². The predicted molar refractivity (Wildman–Crippen MR) is 127 cm³/mol. The molecule has 1 aliphatic heterocycles. The van der Waals surface area contributed by atoms with E-state index in [1.165, 1.54) is 11.8 Å². The van der Waals surface area contributed by atoms with Gasteiger partial charge in [-0.3, -0.25) is 19.2 Å². The largest absolute Gasteiger partial charge is 0.336 e. The lowest BCUT2D eigenvalue weighted by Gasteiger charge is -2.46. The summed E-state index contributed by atoms with van der Waals surface area (Å²) in [7, 11) is 0. The third-order valence-corrected chi connectivity index (χ3v) is 6.37. The average molecular weight is 486 g/mol. The minimum Gasteiger partial charge on any atom is -0.336 e. The van der Waals surface area contributed by atoms with E-state index in [4.69, 9.17) is 4.84 Å². The molecule has 0 spiro atoms. The fraction of sp³-hybridized carbons (Fsp3) is 0.783. The molecule has 9 nitrogen and oxygen atoms in total. The third kappa shape index (κ3) is 8.64. The maximum absolute atomic E-state index is 12.7. The zero-order chi connectivity index (χ0) is 25.4. The highest BCUT2D eigenvalue weighted by molar-refractivity contribution is 7.99. The average Bonchev–Trinajstić information content (AvgIpc) is 3.04. The molecule has 33 heavy (non-hydrogen) atoms. The summed E-state index contributed by atoms with van der Waals surface area (Å²) in [6.45, 7) is 14.4. The van der Waals surface area contributed by atoms with Crippen LogP contribution in [0, 0.1) is 0 Å². The molecular weight excluding hydrogens is 446 g/mol. The van der Waals surface area contributed by atoms with E-state index < -0.39 is 23.3 Å². The predicted octanol–water partition coefficient (Wildman–Crippen LogP) is 2.77. The van der Waals surface area contributed by atoms with Gasteiger partial charge in [0.05, 0.1) is 12.0 Å². The first-order valence-corrected chi connectivity index (χ1v) is 12.6. The van der Waals surface area contributed by atoms with Crippen molar-refractivity contribution in [1.82, 2.24) is 14.9 Å². The third-order valence-electron chi connectivity index (χ3n) is 5.40. The molecule has 1 aliphatic rings. The van der Waals surface area contributed by atoms with Crippen LogP contribution in [0.1, 0.15) is 80.6 Å². The Morgan fingerprint density at radius 3 is 1.91 bits per heavy atom. The van der Waals surface area contributed by atoms with Gasteiger partial charge >= 0.3 is 5.97 Å². The van der Waals surface area contributed by atoms with Crippen molar-refractivity contribution in [3.8, 4) is 0 Å². The van der Waals surface area contributed by atoms with Crippen LogP contribution in [0.2, 0.25) is 0 Å². The van der Waals surface area contributed by atoms with E-state index in [2.05, 4.69) is 0 Å². The Morgan fingerprint density at radius 1 is 0.909 bits per heavy atom. The van der Waals surface area contributed by atoms with Crippen LogP contribution in [0.15, 0.2) is 0 Å². The molecule has 1 fully saturated rings. The van der Waals surface area contributed by atoms with E-state index in [0.717, 1.165) is 0 Å². The van der Waals surface area contributed by atoms with E-state index in [0.29, 0.717) is 42.5 Å². The topological polar surface area (TPSA) is 104 Å². The first-order valence-electron chi connectivity index (χ1n) is 11.5. The SMILES string of the molecule is CCC(=O)N(CC(C)(C)N(CCSCCC(=O)ON1C(=O)CCC1=O)C(=O)CC)C(C)(C)C. The summed E-state index contributed by atoms with van der Waals surface area (Å²) in [6, 6.07) is 0. The lowest BCUT2D eigenvalue weighted by molar-refractivity contribution is -0.197. The summed E-state index contributed by atoms with van der Waals surface area (Å²) in [5.74, 6) is -0.545. The summed E-state index contributed by atoms with van der Waals surface area (Å²) in [4.78, 5) is 68.7. The molecule has 1 saturated heterocycles. The molecule has 188 valence electrons. The lowest BCUT2D eigenvalue weighted by atomic mass is 9.96. The van der Waals surface area contributed by atoms with E-state index in [9.17, 15) is 24.0 Å². The maximum atomic E-state index is 12.7. The monoisotopic (exact) mass is 485 g/mol. The van der Waals surface area contributed by atoms with Gasteiger partial charge in [0.2, 0.25) is 11.8 Å². The maximum Gasteiger partial charge on any atom is 0.334 e. The lowest BCUT2D eigenvalue weighted by Crippen LogP contribution is -2.59. The number of thioether (sulfide) groups is 1. The molecule has 4 amide bonds. The summed E-state index contributed by atoms with van der Waals surface area (Å²) >= 11 is 1.49.